The minimum absolute atomic E-state index is 0.0415. The molecule has 0 heterocycles. The predicted molar refractivity (Wildman–Crippen MR) is 67.9 cm³/mol. The van der Waals surface area contributed by atoms with Gasteiger partial charge in [-0.25, -0.2) is 0 Å². The van der Waals surface area contributed by atoms with E-state index in [0.29, 0.717) is 13.0 Å². The molecule has 0 amide bonds. The van der Waals surface area contributed by atoms with E-state index in [9.17, 15) is 0 Å². The Morgan fingerprint density at radius 3 is 2.00 bits per heavy atom. The van der Waals surface area contributed by atoms with Gasteiger partial charge in [-0.15, -0.1) is 0 Å². The monoisotopic (exact) mass is 248 g/mol. The van der Waals surface area contributed by atoms with Crippen LogP contribution in [0.25, 0.3) is 0 Å². The summed E-state index contributed by atoms with van der Waals surface area (Å²) in [5.74, 6) is -0.981. The second-order valence-electron chi connectivity index (χ2n) is 5.36. The van der Waals surface area contributed by atoms with Crippen LogP contribution in [0.15, 0.2) is 0 Å². The molecule has 0 N–H and O–H groups in total. The van der Waals surface area contributed by atoms with Crippen LogP contribution in [0.2, 0.25) is 0 Å². The van der Waals surface area contributed by atoms with Gasteiger partial charge in [-0.3, -0.25) is 0 Å². The fraction of sp³-hybridized carbons (Fsp3) is 1.00. The normalized spacial score (nSPS) is 16.2. The molecule has 0 fully saturated rings. The van der Waals surface area contributed by atoms with Gasteiger partial charge in [0, 0.05) is 27.2 Å². The maximum Gasteiger partial charge on any atom is 0.283 e. The van der Waals surface area contributed by atoms with Crippen LogP contribution in [0.1, 0.15) is 47.5 Å². The molecule has 104 valence electrons. The van der Waals surface area contributed by atoms with Gasteiger partial charge in [-0.2, -0.15) is 0 Å². The minimum atomic E-state index is -0.981. The molecule has 1 unspecified atom stereocenters. The van der Waals surface area contributed by atoms with Crippen molar-refractivity contribution >= 4 is 0 Å². The van der Waals surface area contributed by atoms with Gasteiger partial charge in [0.15, 0.2) is 0 Å². The first kappa shape index (κ1) is 16.8. The summed E-state index contributed by atoms with van der Waals surface area (Å²) < 4.78 is 22.3. The first-order valence-corrected chi connectivity index (χ1v) is 6.17. The van der Waals surface area contributed by atoms with Gasteiger partial charge in [0.05, 0.1) is 11.7 Å². The zero-order valence-corrected chi connectivity index (χ0v) is 12.3. The maximum absolute atomic E-state index is 5.93. The van der Waals surface area contributed by atoms with Crippen molar-refractivity contribution in [3.05, 3.63) is 0 Å². The molecular formula is C13H28O4. The van der Waals surface area contributed by atoms with E-state index >= 15 is 0 Å². The molecule has 0 aromatic rings. The van der Waals surface area contributed by atoms with Crippen molar-refractivity contribution in [2.24, 2.45) is 0 Å². The van der Waals surface area contributed by atoms with E-state index in [1.165, 1.54) is 0 Å². The highest BCUT2D eigenvalue weighted by Gasteiger charge is 2.37. The van der Waals surface area contributed by atoms with E-state index in [2.05, 4.69) is 0 Å². The number of hydrogen-bond acceptors (Lipinski definition) is 4. The average Bonchev–Trinajstić information content (AvgIpc) is 2.14. The number of ether oxygens (including phenoxy) is 4. The number of methoxy groups -OCH3 is 2. The van der Waals surface area contributed by atoms with E-state index in [-0.39, 0.29) is 11.7 Å². The summed E-state index contributed by atoms with van der Waals surface area (Å²) in [5, 5.41) is 0. The second kappa shape index (κ2) is 7.31. The fourth-order valence-corrected chi connectivity index (χ4v) is 1.58. The summed E-state index contributed by atoms with van der Waals surface area (Å²) in [4.78, 5) is 0. The molecular weight excluding hydrogens is 220 g/mol. The van der Waals surface area contributed by atoms with Crippen molar-refractivity contribution in [3.8, 4) is 0 Å². The van der Waals surface area contributed by atoms with Crippen molar-refractivity contribution in [2.75, 3.05) is 20.8 Å². The Kier molecular flexibility index (Phi) is 7.24. The Balaban J connectivity index is 4.62. The van der Waals surface area contributed by atoms with Crippen LogP contribution in [0, 0.1) is 0 Å². The highest BCUT2D eigenvalue weighted by molar-refractivity contribution is 4.68. The second-order valence-corrected chi connectivity index (χ2v) is 5.36. The minimum Gasteiger partial charge on any atom is -0.385 e. The topological polar surface area (TPSA) is 36.9 Å². The van der Waals surface area contributed by atoms with Crippen molar-refractivity contribution in [2.45, 2.75) is 65.1 Å². The van der Waals surface area contributed by atoms with E-state index in [1.807, 2.05) is 34.6 Å². The Bertz CT molecular complexity index is 198. The third kappa shape index (κ3) is 7.71. The van der Waals surface area contributed by atoms with Crippen LogP contribution in [0.4, 0.5) is 0 Å². The molecule has 4 heteroatoms. The van der Waals surface area contributed by atoms with Crippen molar-refractivity contribution < 1.29 is 18.9 Å². The number of hydrogen-bond donors (Lipinski definition) is 0. The third-order valence-electron chi connectivity index (χ3n) is 2.02. The lowest BCUT2D eigenvalue weighted by atomic mass is 10.1. The van der Waals surface area contributed by atoms with Crippen molar-refractivity contribution in [1.82, 2.24) is 0 Å². The zero-order chi connectivity index (χ0) is 13.5. The van der Waals surface area contributed by atoms with Crippen LogP contribution in [-0.4, -0.2) is 38.5 Å². The fourth-order valence-electron chi connectivity index (χ4n) is 1.58. The van der Waals surface area contributed by atoms with Crippen LogP contribution in [-0.2, 0) is 18.9 Å². The van der Waals surface area contributed by atoms with Crippen LogP contribution in [0.3, 0.4) is 0 Å². The molecule has 0 saturated heterocycles. The van der Waals surface area contributed by atoms with E-state index < -0.39 is 5.97 Å². The predicted octanol–water partition coefficient (Wildman–Crippen LogP) is 2.95. The summed E-state index contributed by atoms with van der Waals surface area (Å²) >= 11 is 0. The summed E-state index contributed by atoms with van der Waals surface area (Å²) in [6, 6.07) is 0. The lowest BCUT2D eigenvalue weighted by Crippen LogP contribution is -2.45. The first-order valence-electron chi connectivity index (χ1n) is 6.17. The molecule has 0 saturated carbocycles. The highest BCUT2D eigenvalue weighted by atomic mass is 16.9. The Morgan fingerprint density at radius 1 is 1.06 bits per heavy atom. The largest absolute Gasteiger partial charge is 0.385 e. The van der Waals surface area contributed by atoms with E-state index in [1.54, 1.807) is 14.2 Å². The van der Waals surface area contributed by atoms with Crippen LogP contribution < -0.4 is 0 Å². The summed E-state index contributed by atoms with van der Waals surface area (Å²) in [6.07, 6.45) is 1.51. The summed E-state index contributed by atoms with van der Waals surface area (Å²) in [5.41, 5.74) is -0.321. The van der Waals surface area contributed by atoms with Crippen molar-refractivity contribution in [1.29, 1.82) is 0 Å². The van der Waals surface area contributed by atoms with Gasteiger partial charge in [0.1, 0.15) is 0 Å². The first-order chi connectivity index (χ1) is 7.74. The summed E-state index contributed by atoms with van der Waals surface area (Å²) in [7, 11) is 3.29. The zero-order valence-electron chi connectivity index (χ0n) is 12.3. The van der Waals surface area contributed by atoms with Crippen LogP contribution >= 0.6 is 0 Å². The van der Waals surface area contributed by atoms with E-state index in [4.69, 9.17) is 18.9 Å². The molecule has 4 nitrogen and oxygen atoms in total. The molecule has 0 spiro atoms. The van der Waals surface area contributed by atoms with Gasteiger partial charge in [0.25, 0.3) is 5.97 Å². The third-order valence-corrected chi connectivity index (χ3v) is 2.02. The van der Waals surface area contributed by atoms with Crippen LogP contribution in [0.5, 0.6) is 0 Å². The Labute approximate surface area is 106 Å². The van der Waals surface area contributed by atoms with Gasteiger partial charge in [0.2, 0.25) is 0 Å². The Hall–Kier alpha value is -0.160. The van der Waals surface area contributed by atoms with Gasteiger partial charge < -0.3 is 18.9 Å². The molecule has 0 rings (SSSR count). The van der Waals surface area contributed by atoms with Gasteiger partial charge in [-0.1, -0.05) is 0 Å². The molecule has 0 aliphatic rings. The Morgan fingerprint density at radius 2 is 1.65 bits per heavy atom. The van der Waals surface area contributed by atoms with Crippen molar-refractivity contribution in [3.63, 3.8) is 0 Å². The maximum atomic E-state index is 5.93. The van der Waals surface area contributed by atoms with E-state index in [0.717, 1.165) is 6.42 Å². The quantitative estimate of drug-likeness (QED) is 0.489. The smallest absolute Gasteiger partial charge is 0.283 e. The molecule has 0 radical (unpaired) electrons. The molecule has 17 heavy (non-hydrogen) atoms. The summed E-state index contributed by atoms with van der Waals surface area (Å²) in [6.45, 7) is 10.6. The number of rotatable bonds is 8. The van der Waals surface area contributed by atoms with Gasteiger partial charge >= 0.3 is 0 Å². The molecule has 0 aromatic carbocycles. The van der Waals surface area contributed by atoms with Gasteiger partial charge in [-0.05, 0) is 41.0 Å². The SMILES string of the molecule is COCCCC(OC)(OC(C)C)OC(C)(C)C. The average molecular weight is 248 g/mol. The lowest BCUT2D eigenvalue weighted by molar-refractivity contribution is -0.409. The molecule has 0 aliphatic carbocycles. The lowest BCUT2D eigenvalue weighted by Gasteiger charge is -2.38. The standard InChI is InChI=1S/C13H28O4/c1-11(2)16-13(15-7,9-8-10-14-6)17-12(3,4)5/h11H,8-10H2,1-7H3. The molecule has 0 aliphatic heterocycles. The molecule has 1 atom stereocenters. The molecule has 0 bridgehead atoms. The molecule has 0 aromatic heterocycles. The highest BCUT2D eigenvalue weighted by Crippen LogP contribution is 2.28.